The van der Waals surface area contributed by atoms with Crippen LogP contribution >= 0.6 is 38.5 Å². The Bertz CT molecular complexity index is 1150. The third-order valence-electron chi connectivity index (χ3n) is 4.88. The lowest BCUT2D eigenvalue weighted by Crippen LogP contribution is -2.20. The van der Waals surface area contributed by atoms with Crippen molar-refractivity contribution >= 4 is 50.6 Å². The van der Waals surface area contributed by atoms with Crippen molar-refractivity contribution in [2.24, 2.45) is 5.10 Å². The highest BCUT2D eigenvalue weighted by atomic mass is 127. The van der Waals surface area contributed by atoms with Crippen LogP contribution in [0.25, 0.3) is 0 Å². The number of ether oxygens (including phenoxy) is 2. The lowest BCUT2D eigenvalue weighted by molar-refractivity contribution is -0.120. The van der Waals surface area contributed by atoms with Crippen LogP contribution in [0, 0.1) is 17.4 Å². The van der Waals surface area contributed by atoms with Gasteiger partial charge in [0.1, 0.15) is 6.61 Å². The Morgan fingerprint density at radius 2 is 1.85 bits per heavy atom. The second-order valence-electron chi connectivity index (χ2n) is 7.58. The number of halogens is 2. The molecule has 0 unspecified atom stereocenters. The van der Waals surface area contributed by atoms with Crippen molar-refractivity contribution in [1.29, 1.82) is 0 Å². The maximum Gasteiger partial charge on any atom is 0.244 e. The number of aryl methyl sites for hydroxylation is 2. The molecule has 0 fully saturated rings. The van der Waals surface area contributed by atoms with E-state index in [1.54, 1.807) is 6.21 Å². The smallest absolute Gasteiger partial charge is 0.244 e. The largest absolute Gasteiger partial charge is 0.490 e. The van der Waals surface area contributed by atoms with E-state index < -0.39 is 0 Å². The van der Waals surface area contributed by atoms with Crippen LogP contribution in [-0.4, -0.2) is 18.7 Å². The number of hydrogen-bond donors (Lipinski definition) is 1. The molecule has 0 aliphatic carbocycles. The molecule has 33 heavy (non-hydrogen) atoms. The molecule has 7 heteroatoms. The van der Waals surface area contributed by atoms with Crippen LogP contribution in [-0.2, 0) is 17.8 Å². The van der Waals surface area contributed by atoms with Gasteiger partial charge in [0.05, 0.1) is 22.8 Å². The summed E-state index contributed by atoms with van der Waals surface area (Å²) in [5.41, 5.74) is 7.76. The van der Waals surface area contributed by atoms with Crippen LogP contribution < -0.4 is 14.9 Å². The van der Waals surface area contributed by atoms with Gasteiger partial charge in [0.25, 0.3) is 0 Å². The first-order chi connectivity index (χ1) is 15.9. The van der Waals surface area contributed by atoms with Crippen molar-refractivity contribution in [3.63, 3.8) is 0 Å². The average Bonchev–Trinajstić information content (AvgIpc) is 2.76. The third kappa shape index (κ3) is 7.57. The fourth-order valence-electron chi connectivity index (χ4n) is 3.24. The Labute approximate surface area is 216 Å². The van der Waals surface area contributed by atoms with Gasteiger partial charge in [-0.25, -0.2) is 5.43 Å². The summed E-state index contributed by atoms with van der Waals surface area (Å²) in [7, 11) is 0. The maximum atomic E-state index is 12.3. The van der Waals surface area contributed by atoms with Gasteiger partial charge in [0.2, 0.25) is 5.91 Å². The first-order valence-corrected chi connectivity index (χ1v) is 12.4. The zero-order valence-electron chi connectivity index (χ0n) is 18.8. The number of hydrogen-bond acceptors (Lipinski definition) is 4. The van der Waals surface area contributed by atoms with E-state index in [0.29, 0.717) is 24.7 Å². The highest BCUT2D eigenvalue weighted by molar-refractivity contribution is 14.1. The van der Waals surface area contributed by atoms with Crippen LogP contribution in [0.5, 0.6) is 11.5 Å². The molecule has 0 radical (unpaired) electrons. The number of benzene rings is 3. The second kappa shape index (κ2) is 12.2. The Kier molecular flexibility index (Phi) is 9.31. The molecule has 0 aromatic heterocycles. The quantitative estimate of drug-likeness (QED) is 0.173. The first-order valence-electron chi connectivity index (χ1n) is 10.6. The van der Waals surface area contributed by atoms with Gasteiger partial charge in [0.15, 0.2) is 11.5 Å². The molecule has 1 N–H and O–H groups in total. The molecule has 0 aliphatic rings. The molecule has 172 valence electrons. The summed E-state index contributed by atoms with van der Waals surface area (Å²) in [5, 5.41) is 4.13. The Morgan fingerprint density at radius 3 is 2.55 bits per heavy atom. The van der Waals surface area contributed by atoms with E-state index >= 15 is 0 Å². The Morgan fingerprint density at radius 1 is 1.09 bits per heavy atom. The highest BCUT2D eigenvalue weighted by Gasteiger charge is 2.12. The number of nitrogens with zero attached hydrogens (tertiary/aromatic N) is 1. The van der Waals surface area contributed by atoms with Crippen LogP contribution in [0.2, 0.25) is 0 Å². The van der Waals surface area contributed by atoms with E-state index in [0.717, 1.165) is 30.3 Å². The van der Waals surface area contributed by atoms with E-state index in [9.17, 15) is 4.79 Å². The molecule has 1 amide bonds. The van der Waals surface area contributed by atoms with E-state index in [4.69, 9.17) is 9.47 Å². The molecule has 5 nitrogen and oxygen atoms in total. The van der Waals surface area contributed by atoms with Gasteiger partial charge in [0, 0.05) is 4.47 Å². The number of carbonyl (C=O) groups excluding carboxylic acids is 1. The minimum atomic E-state index is -0.160. The number of amides is 1. The van der Waals surface area contributed by atoms with Crippen LogP contribution in [0.4, 0.5) is 0 Å². The number of nitrogens with one attached hydrogen (secondary N) is 1. The van der Waals surface area contributed by atoms with E-state index in [1.165, 1.54) is 5.56 Å². The van der Waals surface area contributed by atoms with Gasteiger partial charge in [-0.1, -0.05) is 51.8 Å². The zero-order valence-corrected chi connectivity index (χ0v) is 22.6. The average molecular weight is 621 g/mol. The summed E-state index contributed by atoms with van der Waals surface area (Å²) in [6.45, 7) is 6.93. The fraction of sp³-hybridized carbons (Fsp3) is 0.231. The normalized spacial score (nSPS) is 10.9. The summed E-state index contributed by atoms with van der Waals surface area (Å²) >= 11 is 5.67. The van der Waals surface area contributed by atoms with Crippen molar-refractivity contribution in [1.82, 2.24) is 5.43 Å². The fourth-order valence-corrected chi connectivity index (χ4v) is 4.28. The van der Waals surface area contributed by atoms with Gasteiger partial charge in [-0.15, -0.1) is 0 Å². The molecule has 0 atom stereocenters. The molecular weight excluding hydrogens is 595 g/mol. The second-order valence-corrected chi connectivity index (χ2v) is 9.66. The Balaban J connectivity index is 1.66. The summed E-state index contributed by atoms with van der Waals surface area (Å²) in [4.78, 5) is 12.3. The summed E-state index contributed by atoms with van der Waals surface area (Å²) < 4.78 is 13.8. The van der Waals surface area contributed by atoms with Gasteiger partial charge >= 0.3 is 0 Å². The third-order valence-corrected chi connectivity index (χ3v) is 6.21. The molecular formula is C26H26BrIN2O3. The van der Waals surface area contributed by atoms with Gasteiger partial charge < -0.3 is 9.47 Å². The van der Waals surface area contributed by atoms with Crippen molar-refractivity contribution in [3.8, 4) is 11.5 Å². The molecule has 0 aliphatic heterocycles. The van der Waals surface area contributed by atoms with Crippen molar-refractivity contribution < 1.29 is 14.3 Å². The zero-order chi connectivity index (χ0) is 23.8. The molecule has 3 aromatic rings. The lowest BCUT2D eigenvalue weighted by atomic mass is 10.0. The van der Waals surface area contributed by atoms with Crippen molar-refractivity contribution in [3.05, 3.63) is 90.5 Å². The number of hydrazone groups is 1. The summed E-state index contributed by atoms with van der Waals surface area (Å²) in [6, 6.07) is 17.9. The van der Waals surface area contributed by atoms with Crippen molar-refractivity contribution in [2.75, 3.05) is 6.61 Å². The molecule has 0 saturated heterocycles. The van der Waals surface area contributed by atoms with E-state index in [2.05, 4.69) is 55.1 Å². The summed E-state index contributed by atoms with van der Waals surface area (Å²) in [6.07, 6.45) is 1.90. The first kappa shape index (κ1) is 25.2. The van der Waals surface area contributed by atoms with E-state index in [1.807, 2.05) is 69.3 Å². The Hall–Kier alpha value is -2.39. The van der Waals surface area contributed by atoms with Crippen LogP contribution in [0.3, 0.4) is 0 Å². The van der Waals surface area contributed by atoms with Gasteiger partial charge in [-0.05, 0) is 89.9 Å². The summed E-state index contributed by atoms with van der Waals surface area (Å²) in [5.74, 6) is 1.17. The maximum absolute atomic E-state index is 12.3. The van der Waals surface area contributed by atoms with Gasteiger partial charge in [-0.2, -0.15) is 5.10 Å². The minimum absolute atomic E-state index is 0.160. The molecule has 0 saturated carbocycles. The lowest BCUT2D eigenvalue weighted by Gasteiger charge is -2.15. The molecule has 0 spiro atoms. The predicted molar refractivity (Wildman–Crippen MR) is 144 cm³/mol. The molecule has 0 bridgehead atoms. The molecule has 3 aromatic carbocycles. The van der Waals surface area contributed by atoms with Crippen LogP contribution in [0.15, 0.2) is 64.2 Å². The number of carbonyl (C=O) groups is 1. The topological polar surface area (TPSA) is 59.9 Å². The minimum Gasteiger partial charge on any atom is -0.490 e. The van der Waals surface area contributed by atoms with Gasteiger partial charge in [-0.3, -0.25) is 4.79 Å². The number of rotatable bonds is 9. The SMILES string of the molecule is CCOc1cc(/C=N\NC(=O)Cc2ccc(C)cc2C)cc(I)c1OCc1ccc(Br)cc1. The molecule has 3 rings (SSSR count). The van der Waals surface area contributed by atoms with Crippen molar-refractivity contribution in [2.45, 2.75) is 33.8 Å². The van der Waals surface area contributed by atoms with Crippen LogP contribution in [0.1, 0.15) is 34.7 Å². The predicted octanol–water partition coefficient (Wildman–Crippen LogP) is 6.34. The highest BCUT2D eigenvalue weighted by Crippen LogP contribution is 2.34. The van der Waals surface area contributed by atoms with E-state index in [-0.39, 0.29) is 12.3 Å². The standard InChI is InChI=1S/C26H26BrIN2O3/c1-4-32-24-13-20(12-23(28)26(24)33-16-19-6-9-22(27)10-7-19)15-29-30-25(31)14-21-8-5-17(2)11-18(21)3/h5-13,15H,4,14,16H2,1-3H3,(H,30,31)/b29-15-. The molecule has 0 heterocycles. The monoisotopic (exact) mass is 620 g/mol.